The molecule has 1 aromatic rings. The number of carbonyl (C=O) groups is 2. The fourth-order valence-corrected chi connectivity index (χ4v) is 2.17. The summed E-state index contributed by atoms with van der Waals surface area (Å²) < 4.78 is 12.9. The van der Waals surface area contributed by atoms with Gasteiger partial charge in [0, 0.05) is 6.54 Å². The van der Waals surface area contributed by atoms with Gasteiger partial charge in [0.25, 0.3) is 0 Å². The molecule has 0 saturated carbocycles. The summed E-state index contributed by atoms with van der Waals surface area (Å²) in [6.07, 6.45) is 1.24. The first-order chi connectivity index (χ1) is 9.49. The number of carbonyl (C=O) groups excluding carboxylic acids is 1. The molecule has 1 atom stereocenters. The monoisotopic (exact) mass is 281 g/mol. The minimum Gasteiger partial charge on any atom is -0.480 e. The molecule has 0 radical (unpaired) electrons. The number of carboxylic acids is 1. The Balaban J connectivity index is 2.93. The van der Waals surface area contributed by atoms with E-state index in [1.54, 1.807) is 12.1 Å². The normalized spacial score (nSPS) is 11.9. The molecule has 0 bridgehead atoms. The maximum atomic E-state index is 12.9. The van der Waals surface area contributed by atoms with Crippen LogP contribution in [-0.4, -0.2) is 35.0 Å². The highest BCUT2D eigenvalue weighted by Gasteiger charge is 2.25. The summed E-state index contributed by atoms with van der Waals surface area (Å²) in [6, 6.07) is 5.78. The second-order valence-corrected chi connectivity index (χ2v) is 4.67. The van der Waals surface area contributed by atoms with E-state index in [4.69, 9.17) is 5.11 Å². The molecule has 1 aromatic carbocycles. The Bertz CT molecular complexity index is 459. The van der Waals surface area contributed by atoms with Crippen molar-refractivity contribution < 1.29 is 19.1 Å². The largest absolute Gasteiger partial charge is 0.480 e. The van der Waals surface area contributed by atoms with Gasteiger partial charge in [0.2, 0.25) is 5.91 Å². The number of rotatable bonds is 7. The Labute approximate surface area is 118 Å². The minimum atomic E-state index is -1.03. The van der Waals surface area contributed by atoms with Crippen molar-refractivity contribution in [2.45, 2.75) is 32.6 Å². The molecule has 0 fully saturated rings. The van der Waals surface area contributed by atoms with E-state index in [1.807, 2.05) is 13.8 Å². The molecule has 0 aliphatic heterocycles. The standard InChI is InChI=1S/C15H20FNO3/c1-3-9-17(10-14(18)19)15(20)13(4-2)11-5-7-12(16)8-6-11/h5-8,13H,3-4,9-10H2,1-2H3,(H,18,19). The van der Waals surface area contributed by atoms with Gasteiger partial charge in [-0.3, -0.25) is 9.59 Å². The zero-order valence-electron chi connectivity index (χ0n) is 11.8. The van der Waals surface area contributed by atoms with Gasteiger partial charge in [-0.25, -0.2) is 4.39 Å². The highest BCUT2D eigenvalue weighted by molar-refractivity contribution is 5.86. The van der Waals surface area contributed by atoms with Gasteiger partial charge in [0.1, 0.15) is 12.4 Å². The van der Waals surface area contributed by atoms with E-state index < -0.39 is 11.9 Å². The van der Waals surface area contributed by atoms with Crippen molar-refractivity contribution in [2.75, 3.05) is 13.1 Å². The third-order valence-corrected chi connectivity index (χ3v) is 3.11. The molecule has 1 amide bonds. The fraction of sp³-hybridized carbons (Fsp3) is 0.467. The number of hydrogen-bond acceptors (Lipinski definition) is 2. The quantitative estimate of drug-likeness (QED) is 0.836. The maximum Gasteiger partial charge on any atom is 0.323 e. The average molecular weight is 281 g/mol. The molecule has 0 saturated heterocycles. The lowest BCUT2D eigenvalue weighted by molar-refractivity contribution is -0.145. The lowest BCUT2D eigenvalue weighted by Crippen LogP contribution is -2.39. The molecule has 1 rings (SSSR count). The van der Waals surface area contributed by atoms with Crippen molar-refractivity contribution in [1.29, 1.82) is 0 Å². The van der Waals surface area contributed by atoms with Crippen molar-refractivity contribution in [3.8, 4) is 0 Å². The van der Waals surface area contributed by atoms with Crippen LogP contribution in [0.3, 0.4) is 0 Å². The van der Waals surface area contributed by atoms with Crippen molar-refractivity contribution in [3.05, 3.63) is 35.6 Å². The highest BCUT2D eigenvalue weighted by Crippen LogP contribution is 2.22. The van der Waals surface area contributed by atoms with Crippen LogP contribution in [0.15, 0.2) is 24.3 Å². The Morgan fingerprint density at radius 2 is 1.85 bits per heavy atom. The van der Waals surface area contributed by atoms with Crippen LogP contribution in [0.5, 0.6) is 0 Å². The minimum absolute atomic E-state index is 0.219. The van der Waals surface area contributed by atoms with Crippen molar-refractivity contribution in [3.63, 3.8) is 0 Å². The first-order valence-corrected chi connectivity index (χ1v) is 6.75. The summed E-state index contributed by atoms with van der Waals surface area (Å²) in [7, 11) is 0. The summed E-state index contributed by atoms with van der Waals surface area (Å²) in [6.45, 7) is 3.85. The van der Waals surface area contributed by atoms with E-state index in [0.717, 1.165) is 0 Å². The molecule has 0 heterocycles. The van der Waals surface area contributed by atoms with Gasteiger partial charge in [0.05, 0.1) is 5.92 Å². The fourth-order valence-electron chi connectivity index (χ4n) is 2.17. The summed E-state index contributed by atoms with van der Waals surface area (Å²) in [5.74, 6) is -2.03. The number of halogens is 1. The summed E-state index contributed by atoms with van der Waals surface area (Å²) in [5, 5.41) is 8.88. The molecule has 0 aromatic heterocycles. The van der Waals surface area contributed by atoms with Crippen LogP contribution < -0.4 is 0 Å². The maximum absolute atomic E-state index is 12.9. The van der Waals surface area contributed by atoms with Gasteiger partial charge in [0.15, 0.2) is 0 Å². The average Bonchev–Trinajstić information content (AvgIpc) is 2.40. The van der Waals surface area contributed by atoms with E-state index in [-0.39, 0.29) is 18.3 Å². The van der Waals surface area contributed by atoms with Crippen LogP contribution in [0.25, 0.3) is 0 Å². The van der Waals surface area contributed by atoms with E-state index in [2.05, 4.69) is 0 Å². The number of hydrogen-bond donors (Lipinski definition) is 1. The Morgan fingerprint density at radius 1 is 1.25 bits per heavy atom. The predicted molar refractivity (Wildman–Crippen MR) is 73.9 cm³/mol. The molecule has 110 valence electrons. The number of aliphatic carboxylic acids is 1. The molecule has 5 heteroatoms. The Morgan fingerprint density at radius 3 is 2.30 bits per heavy atom. The predicted octanol–water partition coefficient (Wildman–Crippen LogP) is 2.64. The Hall–Kier alpha value is -1.91. The molecule has 0 aliphatic carbocycles. The third-order valence-electron chi connectivity index (χ3n) is 3.11. The van der Waals surface area contributed by atoms with Gasteiger partial charge < -0.3 is 10.0 Å². The van der Waals surface area contributed by atoms with Crippen LogP contribution in [0.2, 0.25) is 0 Å². The smallest absolute Gasteiger partial charge is 0.323 e. The van der Waals surface area contributed by atoms with E-state index in [9.17, 15) is 14.0 Å². The molecule has 4 nitrogen and oxygen atoms in total. The molecule has 20 heavy (non-hydrogen) atoms. The zero-order valence-corrected chi connectivity index (χ0v) is 11.8. The molecule has 0 aliphatic rings. The van der Waals surface area contributed by atoms with E-state index in [1.165, 1.54) is 17.0 Å². The van der Waals surface area contributed by atoms with Gasteiger partial charge >= 0.3 is 5.97 Å². The Kier molecular flexibility index (Phi) is 6.15. The zero-order chi connectivity index (χ0) is 15.1. The molecular formula is C15H20FNO3. The van der Waals surface area contributed by atoms with Crippen LogP contribution >= 0.6 is 0 Å². The second kappa shape index (κ2) is 7.62. The first kappa shape index (κ1) is 16.1. The van der Waals surface area contributed by atoms with Gasteiger partial charge in [-0.1, -0.05) is 26.0 Å². The lowest BCUT2D eigenvalue weighted by atomic mass is 9.95. The van der Waals surface area contributed by atoms with Crippen molar-refractivity contribution >= 4 is 11.9 Å². The van der Waals surface area contributed by atoms with Gasteiger partial charge in [-0.2, -0.15) is 0 Å². The van der Waals surface area contributed by atoms with Crippen molar-refractivity contribution in [2.24, 2.45) is 0 Å². The van der Waals surface area contributed by atoms with Gasteiger partial charge in [-0.15, -0.1) is 0 Å². The number of carboxylic acid groups (broad SMARTS) is 1. The summed E-state index contributed by atoms with van der Waals surface area (Å²) in [4.78, 5) is 24.6. The molecule has 0 spiro atoms. The molecule has 1 N–H and O–H groups in total. The first-order valence-electron chi connectivity index (χ1n) is 6.75. The van der Waals surface area contributed by atoms with Crippen LogP contribution in [0.4, 0.5) is 4.39 Å². The topological polar surface area (TPSA) is 57.6 Å². The highest BCUT2D eigenvalue weighted by atomic mass is 19.1. The number of nitrogens with zero attached hydrogens (tertiary/aromatic N) is 1. The number of amides is 1. The van der Waals surface area contributed by atoms with E-state index in [0.29, 0.717) is 24.9 Å². The molecule has 1 unspecified atom stereocenters. The summed E-state index contributed by atoms with van der Waals surface area (Å²) in [5.41, 5.74) is 0.713. The van der Waals surface area contributed by atoms with Gasteiger partial charge in [-0.05, 0) is 30.5 Å². The van der Waals surface area contributed by atoms with E-state index >= 15 is 0 Å². The summed E-state index contributed by atoms with van der Waals surface area (Å²) >= 11 is 0. The van der Waals surface area contributed by atoms with Crippen molar-refractivity contribution in [1.82, 2.24) is 4.90 Å². The third kappa shape index (κ3) is 4.33. The van der Waals surface area contributed by atoms with Crippen LogP contribution in [0, 0.1) is 5.82 Å². The van der Waals surface area contributed by atoms with Crippen LogP contribution in [-0.2, 0) is 9.59 Å². The SMILES string of the molecule is CCCN(CC(=O)O)C(=O)C(CC)c1ccc(F)cc1. The number of benzene rings is 1. The molecular weight excluding hydrogens is 261 g/mol. The lowest BCUT2D eigenvalue weighted by Gasteiger charge is -2.25. The second-order valence-electron chi connectivity index (χ2n) is 4.67. The van der Waals surface area contributed by atoms with Crippen LogP contribution in [0.1, 0.15) is 38.2 Å².